The van der Waals surface area contributed by atoms with E-state index in [1.54, 1.807) is 6.08 Å². The number of anilines is 1. The number of nitrogen functional groups attached to an aromatic ring is 1. The first-order valence-electron chi connectivity index (χ1n) is 7.62. The number of nitrogens with one attached hydrogen (secondary N) is 1. The molecule has 0 spiro atoms. The summed E-state index contributed by atoms with van der Waals surface area (Å²) in [4.78, 5) is 26.3. The molecular formula is C17H22N4O2S. The Morgan fingerprint density at radius 3 is 2.67 bits per heavy atom. The number of hydrogen-bond donors (Lipinski definition) is 2. The molecule has 0 saturated heterocycles. The van der Waals surface area contributed by atoms with Crippen molar-refractivity contribution in [2.75, 3.05) is 16.9 Å². The Kier molecular flexibility index (Phi) is 5.56. The largest absolute Gasteiger partial charge is 0.382 e. The molecule has 0 fully saturated rings. The van der Waals surface area contributed by atoms with Gasteiger partial charge in [-0.05, 0) is 31.9 Å². The number of aryl methyl sites for hydroxylation is 1. The number of nitrogens with two attached hydrogens (primary N) is 1. The Morgan fingerprint density at radius 1 is 1.42 bits per heavy atom. The van der Waals surface area contributed by atoms with Crippen LogP contribution >= 0.6 is 11.8 Å². The Morgan fingerprint density at radius 2 is 2.08 bits per heavy atom. The van der Waals surface area contributed by atoms with Crippen LogP contribution in [0.25, 0.3) is 11.1 Å². The number of amides is 1. The molecule has 1 aromatic carbocycles. The second kappa shape index (κ2) is 7.44. The maximum atomic E-state index is 12.9. The molecule has 0 bridgehead atoms. The number of hydrogen-bond acceptors (Lipinski definition) is 4. The lowest BCUT2D eigenvalue weighted by Crippen LogP contribution is -2.33. The maximum absolute atomic E-state index is 12.9. The first kappa shape index (κ1) is 17.9. The number of carbonyl (C=O) groups is 1. The molecule has 0 unspecified atom stereocenters. The second-order valence-corrected chi connectivity index (χ2v) is 6.62. The molecule has 0 aliphatic rings. The normalized spacial score (nSPS) is 10.8. The summed E-state index contributed by atoms with van der Waals surface area (Å²) in [5, 5.41) is -0.303. The van der Waals surface area contributed by atoms with Gasteiger partial charge >= 0.3 is 0 Å². The zero-order valence-electron chi connectivity index (χ0n) is 14.1. The van der Waals surface area contributed by atoms with Crippen molar-refractivity contribution in [2.24, 2.45) is 0 Å². The highest BCUT2D eigenvalue weighted by atomic mass is 32.2. The summed E-state index contributed by atoms with van der Waals surface area (Å²) < 4.78 is 1.45. The van der Waals surface area contributed by atoms with E-state index in [0.29, 0.717) is 11.3 Å². The van der Waals surface area contributed by atoms with Crippen molar-refractivity contribution in [3.63, 3.8) is 0 Å². The van der Waals surface area contributed by atoms with Crippen LogP contribution in [-0.2, 0) is 0 Å². The van der Waals surface area contributed by atoms with Gasteiger partial charge in [-0.3, -0.25) is 9.59 Å². The molecule has 0 aliphatic heterocycles. The minimum absolute atomic E-state index is 0.165. The van der Waals surface area contributed by atoms with Gasteiger partial charge in [0.1, 0.15) is 0 Å². The first-order chi connectivity index (χ1) is 11.4. The van der Waals surface area contributed by atoms with E-state index in [-0.39, 0.29) is 22.7 Å². The van der Waals surface area contributed by atoms with Crippen molar-refractivity contribution < 1.29 is 4.79 Å². The van der Waals surface area contributed by atoms with E-state index in [0.717, 1.165) is 22.9 Å². The van der Waals surface area contributed by atoms with Gasteiger partial charge in [0.25, 0.3) is 10.8 Å². The van der Waals surface area contributed by atoms with E-state index < -0.39 is 0 Å². The number of carbonyl (C=O) groups excluding carboxylic acids is 1. The molecule has 2 aromatic rings. The maximum Gasteiger partial charge on any atom is 0.299 e. The van der Waals surface area contributed by atoms with Gasteiger partial charge in [-0.25, -0.2) is 10.1 Å². The minimum Gasteiger partial charge on any atom is -0.382 e. The van der Waals surface area contributed by atoms with Crippen LogP contribution in [0.4, 0.5) is 10.6 Å². The van der Waals surface area contributed by atoms with Gasteiger partial charge in [-0.1, -0.05) is 42.1 Å². The highest BCUT2D eigenvalue weighted by Crippen LogP contribution is 2.26. The molecule has 128 valence electrons. The lowest BCUT2D eigenvalue weighted by atomic mass is 10.0. The summed E-state index contributed by atoms with van der Waals surface area (Å²) in [6, 6.07) is 7.37. The molecule has 1 heterocycles. The van der Waals surface area contributed by atoms with Crippen molar-refractivity contribution in [3.8, 4) is 11.1 Å². The fourth-order valence-electron chi connectivity index (χ4n) is 2.48. The lowest BCUT2D eigenvalue weighted by Gasteiger charge is -2.16. The van der Waals surface area contributed by atoms with E-state index in [4.69, 9.17) is 5.73 Å². The second-order valence-electron chi connectivity index (χ2n) is 5.63. The van der Waals surface area contributed by atoms with Crippen molar-refractivity contribution >= 4 is 22.8 Å². The van der Waals surface area contributed by atoms with Gasteiger partial charge in [0.15, 0.2) is 5.82 Å². The third-order valence-corrected chi connectivity index (χ3v) is 4.31. The van der Waals surface area contributed by atoms with Gasteiger partial charge in [0.05, 0.1) is 11.6 Å². The summed E-state index contributed by atoms with van der Waals surface area (Å²) in [5.41, 5.74) is 10.8. The minimum atomic E-state index is -0.303. The van der Waals surface area contributed by atoms with E-state index in [1.165, 1.54) is 9.47 Å². The fourth-order valence-corrected chi connectivity index (χ4v) is 2.90. The summed E-state index contributed by atoms with van der Waals surface area (Å²) in [6.45, 7) is 9.23. The summed E-state index contributed by atoms with van der Waals surface area (Å²) >= 11 is 1.05. The van der Waals surface area contributed by atoms with Gasteiger partial charge in [0.2, 0.25) is 0 Å². The summed E-state index contributed by atoms with van der Waals surface area (Å²) in [7, 11) is 0. The SMILES string of the molecule is C=CCSC(=O)Nn1c(N)c(-c2ccccc2C)c(=O)n1C(C)C. The molecule has 7 heteroatoms. The van der Waals surface area contributed by atoms with Gasteiger partial charge in [0, 0.05) is 5.75 Å². The summed E-state index contributed by atoms with van der Waals surface area (Å²) in [5.74, 6) is 0.694. The van der Waals surface area contributed by atoms with E-state index >= 15 is 0 Å². The third-order valence-electron chi connectivity index (χ3n) is 3.55. The van der Waals surface area contributed by atoms with Gasteiger partial charge in [-0.2, -0.15) is 4.79 Å². The molecule has 2 rings (SSSR count). The molecule has 3 N–H and O–H groups in total. The highest BCUT2D eigenvalue weighted by molar-refractivity contribution is 8.13. The van der Waals surface area contributed by atoms with Crippen LogP contribution < -0.4 is 16.7 Å². The molecule has 1 aromatic heterocycles. The number of nitrogens with zero attached hydrogens (tertiary/aromatic N) is 2. The van der Waals surface area contributed by atoms with Gasteiger partial charge < -0.3 is 5.73 Å². The van der Waals surface area contributed by atoms with Gasteiger partial charge in [-0.15, -0.1) is 6.58 Å². The molecule has 0 radical (unpaired) electrons. The predicted molar refractivity (Wildman–Crippen MR) is 101 cm³/mol. The average Bonchev–Trinajstić information content (AvgIpc) is 2.77. The third kappa shape index (κ3) is 3.41. The van der Waals surface area contributed by atoms with Crippen LogP contribution in [0, 0.1) is 6.92 Å². The predicted octanol–water partition coefficient (Wildman–Crippen LogP) is 3.37. The highest BCUT2D eigenvalue weighted by Gasteiger charge is 2.23. The molecule has 0 aliphatic carbocycles. The number of thioether (sulfide) groups is 1. The van der Waals surface area contributed by atoms with Crippen molar-refractivity contribution in [1.29, 1.82) is 0 Å². The Bertz CT molecular complexity index is 820. The topological polar surface area (TPSA) is 82.1 Å². The smallest absolute Gasteiger partial charge is 0.299 e. The van der Waals surface area contributed by atoms with E-state index in [1.807, 2.05) is 45.0 Å². The number of benzene rings is 1. The average molecular weight is 346 g/mol. The van der Waals surface area contributed by atoms with Crippen LogP contribution in [0.1, 0.15) is 25.5 Å². The zero-order chi connectivity index (χ0) is 17.9. The number of aromatic nitrogens is 2. The first-order valence-corrected chi connectivity index (χ1v) is 8.60. The van der Waals surface area contributed by atoms with Crippen LogP contribution in [0.2, 0.25) is 0 Å². The van der Waals surface area contributed by atoms with Crippen LogP contribution in [0.15, 0.2) is 41.7 Å². The number of rotatable bonds is 5. The zero-order valence-corrected chi connectivity index (χ0v) is 14.9. The van der Waals surface area contributed by atoms with Crippen LogP contribution in [0.3, 0.4) is 0 Å². The molecule has 1 amide bonds. The fraction of sp³-hybridized carbons (Fsp3) is 0.294. The molecular weight excluding hydrogens is 324 g/mol. The molecule has 6 nitrogen and oxygen atoms in total. The lowest BCUT2D eigenvalue weighted by molar-refractivity contribution is 0.265. The monoisotopic (exact) mass is 346 g/mol. The van der Waals surface area contributed by atoms with Crippen molar-refractivity contribution in [1.82, 2.24) is 9.47 Å². The van der Waals surface area contributed by atoms with Crippen molar-refractivity contribution in [2.45, 2.75) is 26.8 Å². The van der Waals surface area contributed by atoms with E-state index in [9.17, 15) is 9.59 Å². The van der Waals surface area contributed by atoms with E-state index in [2.05, 4.69) is 12.0 Å². The Balaban J connectivity index is 2.58. The van der Waals surface area contributed by atoms with Crippen LogP contribution in [-0.4, -0.2) is 20.5 Å². The molecule has 0 saturated carbocycles. The quantitative estimate of drug-likeness (QED) is 0.813. The molecule has 24 heavy (non-hydrogen) atoms. The standard InChI is InChI=1S/C17H22N4O2S/c1-5-10-24-17(23)19-21-15(18)14(16(22)20(21)11(2)3)13-9-7-6-8-12(13)4/h5-9,11H,1,10,18H2,2-4H3,(H,19,23). The van der Waals surface area contributed by atoms with Crippen LogP contribution in [0.5, 0.6) is 0 Å². The molecule has 0 atom stereocenters. The summed E-state index contributed by atoms with van der Waals surface area (Å²) in [6.07, 6.45) is 1.64. The Hall–Kier alpha value is -2.41. The Labute approximate surface area is 145 Å². The van der Waals surface area contributed by atoms with Crippen molar-refractivity contribution in [3.05, 3.63) is 52.8 Å².